The number of likely N-dealkylation sites (tertiary alicyclic amines) is 1. The first-order chi connectivity index (χ1) is 11.0. The lowest BCUT2D eigenvalue weighted by molar-refractivity contribution is -0.132. The number of ether oxygens (including phenoxy) is 1. The average Bonchev–Trinajstić information content (AvgIpc) is 2.76. The van der Waals surface area contributed by atoms with E-state index in [4.69, 9.17) is 4.74 Å². The molecule has 2 amide bonds. The summed E-state index contributed by atoms with van der Waals surface area (Å²) in [6.07, 6.45) is 1.12. The minimum Gasteiger partial charge on any atom is -0.371 e. The van der Waals surface area contributed by atoms with Crippen LogP contribution in [0.1, 0.15) is 6.42 Å². The monoisotopic (exact) mass is 361 g/mol. The normalized spacial score (nSPS) is 28.7. The van der Waals surface area contributed by atoms with Crippen molar-refractivity contribution in [2.75, 3.05) is 66.0 Å². The quantitative estimate of drug-likeness (QED) is 0.617. The summed E-state index contributed by atoms with van der Waals surface area (Å²) in [5.41, 5.74) is -0.356. The van der Waals surface area contributed by atoms with Crippen molar-refractivity contribution in [2.24, 2.45) is 5.41 Å². The Bertz CT molecular complexity index is 606. The van der Waals surface area contributed by atoms with Crippen LogP contribution in [0, 0.1) is 5.41 Å². The van der Waals surface area contributed by atoms with Gasteiger partial charge in [-0.25, -0.2) is 8.42 Å². The van der Waals surface area contributed by atoms with Gasteiger partial charge in [0.15, 0.2) is 0 Å². The fourth-order valence-corrected chi connectivity index (χ4v) is 4.18. The molecule has 2 aliphatic rings. The lowest BCUT2D eigenvalue weighted by Gasteiger charge is -2.37. The maximum atomic E-state index is 12.4. The van der Waals surface area contributed by atoms with Crippen LogP contribution in [0.25, 0.3) is 0 Å². The van der Waals surface area contributed by atoms with Crippen molar-refractivity contribution < 1.29 is 22.7 Å². The van der Waals surface area contributed by atoms with E-state index in [0.29, 0.717) is 26.2 Å². The highest BCUT2D eigenvalue weighted by Crippen LogP contribution is 2.36. The first kappa shape index (κ1) is 19.1. The van der Waals surface area contributed by atoms with Crippen LogP contribution < -0.4 is 0 Å². The highest BCUT2D eigenvalue weighted by Gasteiger charge is 2.51. The Labute approximate surface area is 143 Å². The van der Waals surface area contributed by atoms with Crippen LogP contribution >= 0.6 is 0 Å². The van der Waals surface area contributed by atoms with Gasteiger partial charge >= 0.3 is 0 Å². The van der Waals surface area contributed by atoms with Gasteiger partial charge < -0.3 is 19.4 Å². The summed E-state index contributed by atoms with van der Waals surface area (Å²) in [4.78, 5) is 29.8. The fourth-order valence-electron chi connectivity index (χ4n) is 3.64. The summed E-state index contributed by atoms with van der Waals surface area (Å²) in [5, 5.41) is 0. The molecule has 8 nitrogen and oxygen atoms in total. The van der Waals surface area contributed by atoms with E-state index in [1.807, 2.05) is 14.1 Å². The first-order valence-corrected chi connectivity index (χ1v) is 10.0. The molecule has 0 unspecified atom stereocenters. The summed E-state index contributed by atoms with van der Waals surface area (Å²) in [7, 11) is 2.48. The Morgan fingerprint density at radius 2 is 2.04 bits per heavy atom. The SMILES string of the molecule is CN1C[C@]2(COCC1=O)CN(C(=O)CCS(C)(=O)=O)C[C@H]2N(C)C. The number of nitrogens with zero attached hydrogens (tertiary/aromatic N) is 3. The van der Waals surface area contributed by atoms with Gasteiger partial charge in [-0.1, -0.05) is 0 Å². The Hall–Kier alpha value is -1.19. The van der Waals surface area contributed by atoms with Gasteiger partial charge in [-0.3, -0.25) is 9.59 Å². The Balaban J connectivity index is 2.16. The molecule has 0 aromatic heterocycles. The molecule has 2 rings (SSSR count). The molecule has 0 aromatic rings. The van der Waals surface area contributed by atoms with Crippen molar-refractivity contribution in [1.29, 1.82) is 0 Å². The second kappa shape index (κ2) is 6.97. The molecule has 0 radical (unpaired) electrons. The van der Waals surface area contributed by atoms with E-state index in [0.717, 1.165) is 6.26 Å². The lowest BCUT2D eigenvalue weighted by atomic mass is 9.82. The predicted octanol–water partition coefficient (Wildman–Crippen LogP) is -1.33. The molecule has 0 N–H and O–H groups in total. The van der Waals surface area contributed by atoms with Crippen molar-refractivity contribution in [3.63, 3.8) is 0 Å². The number of carbonyl (C=O) groups excluding carboxylic acids is 2. The van der Waals surface area contributed by atoms with Crippen molar-refractivity contribution in [3.05, 3.63) is 0 Å². The highest BCUT2D eigenvalue weighted by molar-refractivity contribution is 7.90. The van der Waals surface area contributed by atoms with Crippen LogP contribution in [0.15, 0.2) is 0 Å². The molecule has 2 aliphatic heterocycles. The smallest absolute Gasteiger partial charge is 0.248 e. The third-order valence-electron chi connectivity index (χ3n) is 4.86. The number of carbonyl (C=O) groups is 2. The molecular formula is C15H27N3O5S. The minimum absolute atomic E-state index is 0.00924. The van der Waals surface area contributed by atoms with Crippen LogP contribution in [0.2, 0.25) is 0 Å². The maximum absolute atomic E-state index is 12.4. The van der Waals surface area contributed by atoms with Gasteiger partial charge in [0.2, 0.25) is 11.8 Å². The lowest BCUT2D eigenvalue weighted by Crippen LogP contribution is -2.51. The second-order valence-corrected chi connectivity index (χ2v) is 9.50. The van der Waals surface area contributed by atoms with Crippen molar-refractivity contribution >= 4 is 21.7 Å². The number of rotatable bonds is 4. The molecule has 1 spiro atoms. The van der Waals surface area contributed by atoms with Gasteiger partial charge in [0.05, 0.1) is 12.4 Å². The molecule has 0 aliphatic carbocycles. The zero-order valence-electron chi connectivity index (χ0n) is 14.8. The fraction of sp³-hybridized carbons (Fsp3) is 0.867. The number of hydrogen-bond acceptors (Lipinski definition) is 6. The van der Waals surface area contributed by atoms with E-state index in [1.54, 1.807) is 16.8 Å². The summed E-state index contributed by atoms with van der Waals surface area (Å²) in [6.45, 7) is 1.96. The molecule has 0 aromatic carbocycles. The number of sulfone groups is 1. The van der Waals surface area contributed by atoms with E-state index in [-0.39, 0.29) is 42.1 Å². The maximum Gasteiger partial charge on any atom is 0.248 e. The van der Waals surface area contributed by atoms with Crippen LogP contribution in [0.5, 0.6) is 0 Å². The predicted molar refractivity (Wildman–Crippen MR) is 89.3 cm³/mol. The summed E-state index contributed by atoms with van der Waals surface area (Å²) in [5.74, 6) is -0.370. The van der Waals surface area contributed by atoms with Crippen LogP contribution in [0.4, 0.5) is 0 Å². The van der Waals surface area contributed by atoms with Gasteiger partial charge in [-0.2, -0.15) is 0 Å². The zero-order valence-corrected chi connectivity index (χ0v) is 15.6. The summed E-state index contributed by atoms with van der Waals surface area (Å²) in [6, 6.07) is 0.0491. The highest BCUT2D eigenvalue weighted by atomic mass is 32.2. The van der Waals surface area contributed by atoms with Gasteiger partial charge in [-0.05, 0) is 14.1 Å². The second-order valence-electron chi connectivity index (χ2n) is 7.24. The van der Waals surface area contributed by atoms with E-state index in [2.05, 4.69) is 4.90 Å². The third-order valence-corrected chi connectivity index (χ3v) is 5.81. The molecule has 0 bridgehead atoms. The van der Waals surface area contributed by atoms with E-state index < -0.39 is 9.84 Å². The summed E-state index contributed by atoms with van der Waals surface area (Å²) >= 11 is 0. The van der Waals surface area contributed by atoms with E-state index in [1.165, 1.54) is 0 Å². The molecular weight excluding hydrogens is 334 g/mol. The van der Waals surface area contributed by atoms with Gasteiger partial charge in [-0.15, -0.1) is 0 Å². The van der Waals surface area contributed by atoms with E-state index in [9.17, 15) is 18.0 Å². The number of likely N-dealkylation sites (N-methyl/N-ethyl adjacent to an activating group) is 2. The van der Waals surface area contributed by atoms with Crippen LogP contribution in [-0.2, 0) is 24.2 Å². The number of hydrogen-bond donors (Lipinski definition) is 0. The zero-order chi connectivity index (χ0) is 18.1. The van der Waals surface area contributed by atoms with Crippen LogP contribution in [0.3, 0.4) is 0 Å². The Morgan fingerprint density at radius 1 is 1.38 bits per heavy atom. The van der Waals surface area contributed by atoms with Gasteiger partial charge in [0.1, 0.15) is 16.4 Å². The average molecular weight is 361 g/mol. The van der Waals surface area contributed by atoms with Gasteiger partial charge in [0, 0.05) is 50.8 Å². The van der Waals surface area contributed by atoms with Crippen molar-refractivity contribution in [1.82, 2.24) is 14.7 Å². The molecule has 138 valence electrons. The molecule has 9 heteroatoms. The van der Waals surface area contributed by atoms with Crippen molar-refractivity contribution in [2.45, 2.75) is 12.5 Å². The molecule has 2 atom stereocenters. The topological polar surface area (TPSA) is 87.2 Å². The molecule has 2 heterocycles. The largest absolute Gasteiger partial charge is 0.371 e. The first-order valence-electron chi connectivity index (χ1n) is 7.98. The minimum atomic E-state index is -3.17. The molecule has 2 saturated heterocycles. The Kier molecular flexibility index (Phi) is 5.56. The molecule has 0 saturated carbocycles. The standard InChI is InChI=1S/C15H27N3O5S/c1-16(2)12-7-18(13(19)5-6-24(4,21)22)10-15(12)9-17(3)14(20)8-23-11-15/h12H,5-11H2,1-4H3/t12-,15-/m1/s1. The van der Waals surface area contributed by atoms with Crippen LogP contribution in [-0.4, -0.2) is 107 Å². The van der Waals surface area contributed by atoms with E-state index >= 15 is 0 Å². The van der Waals surface area contributed by atoms with Crippen molar-refractivity contribution in [3.8, 4) is 0 Å². The molecule has 2 fully saturated rings. The molecule has 24 heavy (non-hydrogen) atoms. The third kappa shape index (κ3) is 4.25. The summed E-state index contributed by atoms with van der Waals surface area (Å²) < 4.78 is 28.2. The Morgan fingerprint density at radius 3 is 2.62 bits per heavy atom. The van der Waals surface area contributed by atoms with Gasteiger partial charge in [0.25, 0.3) is 0 Å². The number of amides is 2.